The molecule has 0 saturated carbocycles. The van der Waals surface area contributed by atoms with Crippen LogP contribution in [0.2, 0.25) is 0 Å². The standard InChI is InChI=1S/C14H14F4N2O/c1-20-8-9(7-19-20)2-5-13(21)11-6-10(15)3-4-12(11)14(16,17)18/h3-4,6-8,13,21H,2,5H2,1H3. The zero-order valence-corrected chi connectivity index (χ0v) is 11.2. The number of aliphatic hydroxyl groups excluding tert-OH is 1. The van der Waals surface area contributed by atoms with Crippen molar-refractivity contribution in [2.24, 2.45) is 7.05 Å². The number of aliphatic hydroxyl groups is 1. The lowest BCUT2D eigenvalue weighted by molar-refractivity contribution is -0.139. The van der Waals surface area contributed by atoms with Crippen LogP contribution in [0, 0.1) is 5.82 Å². The monoisotopic (exact) mass is 302 g/mol. The molecular weight excluding hydrogens is 288 g/mol. The van der Waals surface area contributed by atoms with Crippen molar-refractivity contribution in [1.82, 2.24) is 9.78 Å². The Hall–Kier alpha value is -1.89. The topological polar surface area (TPSA) is 38.0 Å². The number of aryl methyl sites for hydroxylation is 2. The average Bonchev–Trinajstić information content (AvgIpc) is 2.80. The smallest absolute Gasteiger partial charge is 0.388 e. The summed E-state index contributed by atoms with van der Waals surface area (Å²) in [4.78, 5) is 0. The van der Waals surface area contributed by atoms with E-state index in [2.05, 4.69) is 5.10 Å². The van der Waals surface area contributed by atoms with Gasteiger partial charge in [-0.15, -0.1) is 0 Å². The van der Waals surface area contributed by atoms with E-state index < -0.39 is 29.2 Å². The molecule has 0 aliphatic heterocycles. The maximum atomic E-state index is 13.2. The van der Waals surface area contributed by atoms with Crippen molar-refractivity contribution in [1.29, 1.82) is 0 Å². The minimum absolute atomic E-state index is 0.0538. The van der Waals surface area contributed by atoms with Crippen molar-refractivity contribution in [3.63, 3.8) is 0 Å². The molecule has 1 atom stereocenters. The van der Waals surface area contributed by atoms with Gasteiger partial charge in [-0.2, -0.15) is 18.3 Å². The Bertz CT molecular complexity index is 622. The summed E-state index contributed by atoms with van der Waals surface area (Å²) in [5.74, 6) is -0.807. The second-order valence-corrected chi connectivity index (χ2v) is 4.81. The number of hydrogen-bond acceptors (Lipinski definition) is 2. The summed E-state index contributed by atoms with van der Waals surface area (Å²) >= 11 is 0. The van der Waals surface area contributed by atoms with E-state index in [0.717, 1.165) is 17.7 Å². The van der Waals surface area contributed by atoms with Gasteiger partial charge in [0, 0.05) is 13.2 Å². The Kier molecular flexibility index (Phi) is 4.32. The molecule has 1 N–H and O–H groups in total. The van der Waals surface area contributed by atoms with Crippen molar-refractivity contribution in [3.8, 4) is 0 Å². The van der Waals surface area contributed by atoms with E-state index in [-0.39, 0.29) is 6.42 Å². The molecule has 0 aliphatic carbocycles. The normalized spacial score (nSPS) is 13.4. The van der Waals surface area contributed by atoms with Gasteiger partial charge in [0.05, 0.1) is 17.9 Å². The summed E-state index contributed by atoms with van der Waals surface area (Å²) in [5.41, 5.74) is -0.657. The summed E-state index contributed by atoms with van der Waals surface area (Å²) in [5, 5.41) is 13.9. The number of benzene rings is 1. The van der Waals surface area contributed by atoms with Crippen molar-refractivity contribution in [2.75, 3.05) is 0 Å². The molecule has 0 radical (unpaired) electrons. The first kappa shape index (κ1) is 15.5. The van der Waals surface area contributed by atoms with Gasteiger partial charge < -0.3 is 5.11 Å². The molecule has 0 fully saturated rings. The van der Waals surface area contributed by atoms with E-state index in [9.17, 15) is 22.7 Å². The van der Waals surface area contributed by atoms with E-state index >= 15 is 0 Å². The predicted octanol–water partition coefficient (Wildman–Crippen LogP) is 3.24. The molecule has 21 heavy (non-hydrogen) atoms. The minimum atomic E-state index is -4.63. The highest BCUT2D eigenvalue weighted by molar-refractivity contribution is 5.32. The van der Waals surface area contributed by atoms with E-state index in [0.29, 0.717) is 12.5 Å². The molecule has 114 valence electrons. The Balaban J connectivity index is 2.18. The molecule has 2 aromatic rings. The molecule has 2 rings (SSSR count). The fraction of sp³-hybridized carbons (Fsp3) is 0.357. The van der Waals surface area contributed by atoms with Crippen LogP contribution in [0.5, 0.6) is 0 Å². The Morgan fingerprint density at radius 1 is 1.33 bits per heavy atom. The summed E-state index contributed by atoms with van der Waals surface area (Å²) in [7, 11) is 1.72. The fourth-order valence-corrected chi connectivity index (χ4v) is 2.13. The number of halogens is 4. The maximum Gasteiger partial charge on any atom is 0.416 e. The molecule has 0 aliphatic rings. The third-order valence-electron chi connectivity index (χ3n) is 3.14. The van der Waals surface area contributed by atoms with Crippen LogP contribution in [-0.2, 0) is 19.6 Å². The summed E-state index contributed by atoms with van der Waals surface area (Å²) in [6.45, 7) is 0. The minimum Gasteiger partial charge on any atom is -0.388 e. The number of hydrogen-bond donors (Lipinski definition) is 1. The highest BCUT2D eigenvalue weighted by atomic mass is 19.4. The van der Waals surface area contributed by atoms with Crippen LogP contribution in [0.25, 0.3) is 0 Å². The van der Waals surface area contributed by atoms with Gasteiger partial charge in [0.15, 0.2) is 0 Å². The number of aromatic nitrogens is 2. The van der Waals surface area contributed by atoms with Crippen LogP contribution in [0.15, 0.2) is 30.6 Å². The molecule has 7 heteroatoms. The summed E-state index contributed by atoms with van der Waals surface area (Å²) in [6, 6.07) is 2.12. The van der Waals surface area contributed by atoms with Crippen LogP contribution in [0.3, 0.4) is 0 Å². The fourth-order valence-electron chi connectivity index (χ4n) is 2.13. The molecule has 3 nitrogen and oxygen atoms in total. The van der Waals surface area contributed by atoms with Gasteiger partial charge in [-0.25, -0.2) is 4.39 Å². The molecule has 0 saturated heterocycles. The highest BCUT2D eigenvalue weighted by Crippen LogP contribution is 2.36. The van der Waals surface area contributed by atoms with Crippen molar-refractivity contribution in [2.45, 2.75) is 25.1 Å². The first-order valence-corrected chi connectivity index (χ1v) is 6.29. The van der Waals surface area contributed by atoms with Crippen molar-refractivity contribution in [3.05, 3.63) is 53.1 Å². The van der Waals surface area contributed by atoms with E-state index in [1.807, 2.05) is 0 Å². The molecule has 1 aromatic carbocycles. The van der Waals surface area contributed by atoms with Crippen molar-refractivity contribution >= 4 is 0 Å². The predicted molar refractivity (Wildman–Crippen MR) is 67.9 cm³/mol. The maximum absolute atomic E-state index is 13.2. The number of nitrogens with zero attached hydrogens (tertiary/aromatic N) is 2. The Labute approximate surface area is 118 Å². The summed E-state index contributed by atoms with van der Waals surface area (Å²) in [6.07, 6.45) is -2.33. The number of alkyl halides is 3. The second-order valence-electron chi connectivity index (χ2n) is 4.81. The second kappa shape index (κ2) is 5.85. The average molecular weight is 302 g/mol. The highest BCUT2D eigenvalue weighted by Gasteiger charge is 2.35. The Morgan fingerprint density at radius 2 is 2.05 bits per heavy atom. The van der Waals surface area contributed by atoms with Crippen LogP contribution >= 0.6 is 0 Å². The van der Waals surface area contributed by atoms with Gasteiger partial charge in [-0.3, -0.25) is 4.68 Å². The van der Waals surface area contributed by atoms with Crippen LogP contribution in [0.4, 0.5) is 17.6 Å². The molecule has 1 unspecified atom stereocenters. The largest absolute Gasteiger partial charge is 0.416 e. The Morgan fingerprint density at radius 3 is 2.62 bits per heavy atom. The zero-order valence-electron chi connectivity index (χ0n) is 11.2. The quantitative estimate of drug-likeness (QED) is 0.881. The van der Waals surface area contributed by atoms with Crippen LogP contribution < -0.4 is 0 Å². The third-order valence-corrected chi connectivity index (χ3v) is 3.14. The summed E-state index contributed by atoms with van der Waals surface area (Å²) < 4.78 is 53.3. The first-order chi connectivity index (χ1) is 9.77. The van der Waals surface area contributed by atoms with Gasteiger partial charge in [0.2, 0.25) is 0 Å². The SMILES string of the molecule is Cn1cc(CCC(O)c2cc(F)ccc2C(F)(F)F)cn1. The molecule has 1 aromatic heterocycles. The zero-order chi connectivity index (χ0) is 15.6. The van der Waals surface area contributed by atoms with E-state index in [1.54, 1.807) is 24.1 Å². The lowest BCUT2D eigenvalue weighted by atomic mass is 9.97. The molecule has 1 heterocycles. The number of rotatable bonds is 4. The van der Waals surface area contributed by atoms with Gasteiger partial charge in [-0.1, -0.05) is 0 Å². The van der Waals surface area contributed by atoms with Crippen molar-refractivity contribution < 1.29 is 22.7 Å². The molecular formula is C14H14F4N2O. The third kappa shape index (κ3) is 3.81. The molecule has 0 amide bonds. The molecule has 0 spiro atoms. The van der Waals surface area contributed by atoms with Crippen LogP contribution in [0.1, 0.15) is 29.2 Å². The van der Waals surface area contributed by atoms with Gasteiger partial charge in [0.1, 0.15) is 5.82 Å². The van der Waals surface area contributed by atoms with Crippen LogP contribution in [-0.4, -0.2) is 14.9 Å². The molecule has 0 bridgehead atoms. The van der Waals surface area contributed by atoms with Gasteiger partial charge in [-0.05, 0) is 42.2 Å². The lowest BCUT2D eigenvalue weighted by Crippen LogP contribution is -2.13. The van der Waals surface area contributed by atoms with Gasteiger partial charge in [0.25, 0.3) is 0 Å². The lowest BCUT2D eigenvalue weighted by Gasteiger charge is -2.17. The first-order valence-electron chi connectivity index (χ1n) is 6.29. The van der Waals surface area contributed by atoms with E-state index in [4.69, 9.17) is 0 Å². The van der Waals surface area contributed by atoms with Gasteiger partial charge >= 0.3 is 6.18 Å². The van der Waals surface area contributed by atoms with E-state index in [1.165, 1.54) is 0 Å².